The summed E-state index contributed by atoms with van der Waals surface area (Å²) in [7, 11) is 0. The molecule has 0 unspecified atom stereocenters. The monoisotopic (exact) mass is 264 g/mol. The summed E-state index contributed by atoms with van der Waals surface area (Å²) in [5.74, 6) is -1.55. The Kier molecular flexibility index (Phi) is 3.91. The molecule has 0 spiro atoms. The Hall–Kier alpha value is -2.21. The minimum Gasteiger partial charge on any atom is -0.476 e. The van der Waals surface area contributed by atoms with Gasteiger partial charge in [-0.3, -0.25) is 0 Å². The minimum absolute atomic E-state index is 0.0236. The normalized spacial score (nSPS) is 10.6. The van der Waals surface area contributed by atoms with Crippen LogP contribution in [0.5, 0.6) is 0 Å². The average molecular weight is 264 g/mol. The Morgan fingerprint density at radius 2 is 2.21 bits per heavy atom. The number of aliphatic hydroxyl groups is 1. The zero-order valence-corrected chi connectivity index (χ0v) is 10.1. The van der Waals surface area contributed by atoms with Crippen LogP contribution in [-0.2, 0) is 6.42 Å². The third-order valence-corrected chi connectivity index (χ3v) is 2.67. The number of halogens is 1. The van der Waals surface area contributed by atoms with Crippen LogP contribution in [0.2, 0.25) is 0 Å². The summed E-state index contributed by atoms with van der Waals surface area (Å²) >= 11 is 0. The first-order chi connectivity index (χ1) is 9.11. The summed E-state index contributed by atoms with van der Waals surface area (Å²) in [6, 6.07) is 5.74. The molecule has 19 heavy (non-hydrogen) atoms. The van der Waals surface area contributed by atoms with Gasteiger partial charge in [0.2, 0.25) is 0 Å². The highest BCUT2D eigenvalue weighted by Gasteiger charge is 2.16. The van der Waals surface area contributed by atoms with Crippen molar-refractivity contribution in [1.29, 1.82) is 0 Å². The Labute approximate surface area is 108 Å². The Bertz CT molecular complexity index is 595. The molecule has 1 aromatic carbocycles. The van der Waals surface area contributed by atoms with Gasteiger partial charge in [-0.1, -0.05) is 6.07 Å². The molecule has 0 fully saturated rings. The third-order valence-electron chi connectivity index (χ3n) is 2.67. The van der Waals surface area contributed by atoms with E-state index in [2.05, 4.69) is 5.10 Å². The number of aromatic carboxylic acids is 1. The zero-order chi connectivity index (χ0) is 13.8. The van der Waals surface area contributed by atoms with Gasteiger partial charge in [0.05, 0.1) is 5.69 Å². The summed E-state index contributed by atoms with van der Waals surface area (Å²) in [5, 5.41) is 21.8. The number of carboxylic acids is 1. The number of carboxylic acid groups (broad SMARTS) is 1. The molecule has 2 rings (SSSR count). The molecular formula is C13H13FN2O3. The first-order valence-corrected chi connectivity index (χ1v) is 5.80. The maximum absolute atomic E-state index is 13.1. The van der Waals surface area contributed by atoms with E-state index in [-0.39, 0.29) is 12.3 Å². The summed E-state index contributed by atoms with van der Waals surface area (Å²) < 4.78 is 14.5. The van der Waals surface area contributed by atoms with Crippen molar-refractivity contribution in [2.24, 2.45) is 0 Å². The highest BCUT2D eigenvalue weighted by molar-refractivity contribution is 5.87. The van der Waals surface area contributed by atoms with Crippen LogP contribution in [0.3, 0.4) is 0 Å². The number of hydrogen-bond donors (Lipinski definition) is 2. The van der Waals surface area contributed by atoms with Crippen LogP contribution in [0.15, 0.2) is 30.5 Å². The lowest BCUT2D eigenvalue weighted by atomic mass is 10.1. The quantitative estimate of drug-likeness (QED) is 0.860. The van der Waals surface area contributed by atoms with Crippen molar-refractivity contribution < 1.29 is 19.4 Å². The number of aromatic nitrogens is 2. The number of nitrogens with zero attached hydrogens (tertiary/aromatic N) is 2. The highest BCUT2D eigenvalue weighted by Crippen LogP contribution is 2.15. The lowest BCUT2D eigenvalue weighted by molar-refractivity contribution is 0.0688. The van der Waals surface area contributed by atoms with Crippen molar-refractivity contribution in [3.63, 3.8) is 0 Å². The molecule has 0 bridgehead atoms. The molecule has 0 aliphatic heterocycles. The summed E-state index contributed by atoms with van der Waals surface area (Å²) in [5.41, 5.74) is 0.904. The second-order valence-corrected chi connectivity index (χ2v) is 4.06. The minimum atomic E-state index is -1.14. The smallest absolute Gasteiger partial charge is 0.356 e. The van der Waals surface area contributed by atoms with Gasteiger partial charge in [-0.15, -0.1) is 0 Å². The molecule has 2 N–H and O–H groups in total. The van der Waals surface area contributed by atoms with Gasteiger partial charge in [0.25, 0.3) is 0 Å². The van der Waals surface area contributed by atoms with Crippen molar-refractivity contribution >= 4 is 5.97 Å². The second-order valence-electron chi connectivity index (χ2n) is 4.06. The third kappa shape index (κ3) is 2.97. The molecule has 0 aliphatic carbocycles. The van der Waals surface area contributed by atoms with Gasteiger partial charge in [-0.05, 0) is 31.0 Å². The van der Waals surface area contributed by atoms with Crippen LogP contribution in [0.4, 0.5) is 4.39 Å². The fourth-order valence-corrected chi connectivity index (χ4v) is 1.79. The van der Waals surface area contributed by atoms with Crippen molar-refractivity contribution in [2.75, 3.05) is 6.61 Å². The van der Waals surface area contributed by atoms with Crippen molar-refractivity contribution in [1.82, 2.24) is 9.78 Å². The average Bonchev–Trinajstić information content (AvgIpc) is 2.80. The van der Waals surface area contributed by atoms with Crippen LogP contribution in [0, 0.1) is 5.82 Å². The van der Waals surface area contributed by atoms with Gasteiger partial charge >= 0.3 is 5.97 Å². The predicted octanol–water partition coefficient (Wildman–Crippen LogP) is 1.63. The van der Waals surface area contributed by atoms with E-state index < -0.39 is 11.8 Å². The van der Waals surface area contributed by atoms with Crippen molar-refractivity contribution in [2.45, 2.75) is 12.8 Å². The standard InChI is InChI=1S/C13H13FN2O3/c14-10-4-1-5-11(7-10)16-8-9(3-2-6-17)12(15-16)13(18)19/h1,4-5,7-8,17H,2-3,6H2,(H,18,19). The highest BCUT2D eigenvalue weighted by atomic mass is 19.1. The molecule has 0 radical (unpaired) electrons. The Morgan fingerprint density at radius 1 is 1.42 bits per heavy atom. The first-order valence-electron chi connectivity index (χ1n) is 5.80. The molecule has 0 saturated heterocycles. The molecule has 0 atom stereocenters. The van der Waals surface area contributed by atoms with E-state index in [4.69, 9.17) is 10.2 Å². The Morgan fingerprint density at radius 3 is 2.84 bits per heavy atom. The SMILES string of the molecule is O=C(O)c1nn(-c2cccc(F)c2)cc1CCCO. The molecule has 0 saturated carbocycles. The van der Waals surface area contributed by atoms with Crippen LogP contribution < -0.4 is 0 Å². The van der Waals surface area contributed by atoms with Gasteiger partial charge in [0.15, 0.2) is 5.69 Å². The molecular weight excluding hydrogens is 251 g/mol. The maximum atomic E-state index is 13.1. The van der Waals surface area contributed by atoms with Gasteiger partial charge in [0.1, 0.15) is 5.82 Å². The molecule has 6 heteroatoms. The largest absolute Gasteiger partial charge is 0.476 e. The topological polar surface area (TPSA) is 75.3 Å². The number of hydrogen-bond acceptors (Lipinski definition) is 3. The number of rotatable bonds is 5. The number of aryl methyl sites for hydroxylation is 1. The summed E-state index contributed by atoms with van der Waals surface area (Å²) in [6.45, 7) is -0.0236. The van der Waals surface area contributed by atoms with Crippen LogP contribution >= 0.6 is 0 Å². The van der Waals surface area contributed by atoms with E-state index in [1.165, 1.54) is 22.9 Å². The lowest BCUT2D eigenvalue weighted by Gasteiger charge is -2.00. The molecule has 1 heterocycles. The lowest BCUT2D eigenvalue weighted by Crippen LogP contribution is -2.03. The molecule has 100 valence electrons. The molecule has 2 aromatic rings. The van der Waals surface area contributed by atoms with Crippen LogP contribution in [-0.4, -0.2) is 32.6 Å². The fraction of sp³-hybridized carbons (Fsp3) is 0.231. The first kappa shape index (κ1) is 13.2. The molecule has 0 amide bonds. The second kappa shape index (κ2) is 5.62. The fourth-order valence-electron chi connectivity index (χ4n) is 1.79. The van der Waals surface area contributed by atoms with E-state index in [0.29, 0.717) is 24.1 Å². The van der Waals surface area contributed by atoms with E-state index in [9.17, 15) is 9.18 Å². The molecule has 5 nitrogen and oxygen atoms in total. The van der Waals surface area contributed by atoms with Crippen molar-refractivity contribution in [3.8, 4) is 5.69 Å². The number of aliphatic hydroxyl groups excluding tert-OH is 1. The van der Waals surface area contributed by atoms with Crippen molar-refractivity contribution in [3.05, 3.63) is 47.5 Å². The van der Waals surface area contributed by atoms with E-state index in [1.54, 1.807) is 12.3 Å². The van der Waals surface area contributed by atoms with E-state index >= 15 is 0 Å². The summed E-state index contributed by atoms with van der Waals surface area (Å²) in [6.07, 6.45) is 2.41. The van der Waals surface area contributed by atoms with E-state index in [0.717, 1.165) is 0 Å². The van der Waals surface area contributed by atoms with Gasteiger partial charge < -0.3 is 10.2 Å². The number of carbonyl (C=O) groups is 1. The van der Waals surface area contributed by atoms with Crippen LogP contribution in [0.1, 0.15) is 22.5 Å². The molecule has 0 aliphatic rings. The predicted molar refractivity (Wildman–Crippen MR) is 65.9 cm³/mol. The van der Waals surface area contributed by atoms with Gasteiger partial charge in [-0.2, -0.15) is 5.10 Å². The van der Waals surface area contributed by atoms with Gasteiger partial charge in [0, 0.05) is 18.4 Å². The van der Waals surface area contributed by atoms with Crippen LogP contribution in [0.25, 0.3) is 5.69 Å². The number of benzene rings is 1. The van der Waals surface area contributed by atoms with E-state index in [1.807, 2.05) is 0 Å². The maximum Gasteiger partial charge on any atom is 0.356 e. The zero-order valence-electron chi connectivity index (χ0n) is 10.1. The Balaban J connectivity index is 2.39. The molecule has 1 aromatic heterocycles. The van der Waals surface area contributed by atoms with Gasteiger partial charge in [-0.25, -0.2) is 13.9 Å². The summed E-state index contributed by atoms with van der Waals surface area (Å²) in [4.78, 5) is 11.1.